The second-order valence-electron chi connectivity index (χ2n) is 4.79. The fourth-order valence-corrected chi connectivity index (χ4v) is 1.92. The van der Waals surface area contributed by atoms with Crippen LogP contribution in [0.2, 0.25) is 0 Å². The average molecular weight is 272 g/mol. The van der Waals surface area contributed by atoms with Gasteiger partial charge in [0.25, 0.3) is 0 Å². The number of amides is 2. The molecule has 0 aliphatic rings. The predicted octanol–water partition coefficient (Wildman–Crippen LogP) is 3.47. The summed E-state index contributed by atoms with van der Waals surface area (Å²) >= 11 is 0. The van der Waals surface area contributed by atoms with E-state index in [-0.39, 0.29) is 18.1 Å². The van der Waals surface area contributed by atoms with Gasteiger partial charge in [0.2, 0.25) is 0 Å². The highest BCUT2D eigenvalue weighted by atomic mass is 16.3. The minimum Gasteiger partial charge on any atom is -0.467 e. The van der Waals surface area contributed by atoms with Crippen LogP contribution in [-0.2, 0) is 0 Å². The molecule has 0 spiro atoms. The van der Waals surface area contributed by atoms with Gasteiger partial charge >= 0.3 is 6.03 Å². The van der Waals surface area contributed by atoms with E-state index in [2.05, 4.69) is 10.6 Å². The van der Waals surface area contributed by atoms with E-state index in [1.807, 2.05) is 56.3 Å². The normalized spacial score (nSPS) is 13.5. The minimum absolute atomic E-state index is 0.142. The second kappa shape index (κ2) is 6.80. The molecule has 0 aliphatic carbocycles. The number of carbonyl (C=O) groups is 1. The average Bonchev–Trinajstić information content (AvgIpc) is 2.99. The van der Waals surface area contributed by atoms with E-state index in [0.717, 1.165) is 17.7 Å². The maximum Gasteiger partial charge on any atom is 0.315 e. The summed E-state index contributed by atoms with van der Waals surface area (Å²) in [6, 6.07) is 13.1. The monoisotopic (exact) mass is 272 g/mol. The number of furan rings is 1. The number of urea groups is 1. The lowest BCUT2D eigenvalue weighted by molar-refractivity contribution is 0.233. The summed E-state index contributed by atoms with van der Waals surface area (Å²) in [6.45, 7) is 4.01. The van der Waals surface area contributed by atoms with Gasteiger partial charge in [0.1, 0.15) is 11.8 Å². The lowest BCUT2D eigenvalue weighted by atomic mass is 10.0. The number of hydrogen-bond acceptors (Lipinski definition) is 2. The molecule has 0 fully saturated rings. The molecule has 0 radical (unpaired) electrons. The Morgan fingerprint density at radius 2 is 1.90 bits per heavy atom. The third kappa shape index (κ3) is 3.63. The molecule has 2 N–H and O–H groups in total. The summed E-state index contributed by atoms with van der Waals surface area (Å²) in [5.41, 5.74) is 0.988. The van der Waals surface area contributed by atoms with E-state index >= 15 is 0 Å². The summed E-state index contributed by atoms with van der Waals surface area (Å²) in [5, 5.41) is 5.86. The van der Waals surface area contributed by atoms with Crippen molar-refractivity contribution in [3.63, 3.8) is 0 Å². The molecule has 2 atom stereocenters. The highest BCUT2D eigenvalue weighted by Gasteiger charge is 2.19. The van der Waals surface area contributed by atoms with E-state index in [4.69, 9.17) is 4.42 Å². The first-order chi connectivity index (χ1) is 9.70. The molecule has 2 rings (SSSR count). The largest absolute Gasteiger partial charge is 0.467 e. The first-order valence-corrected chi connectivity index (χ1v) is 6.86. The third-order valence-electron chi connectivity index (χ3n) is 3.23. The maximum absolute atomic E-state index is 12.0. The van der Waals surface area contributed by atoms with Crippen molar-refractivity contribution in [2.75, 3.05) is 0 Å². The van der Waals surface area contributed by atoms with Crippen LogP contribution in [0, 0.1) is 0 Å². The molecule has 1 aromatic heterocycles. The molecular weight excluding hydrogens is 252 g/mol. The van der Waals surface area contributed by atoms with Gasteiger partial charge in [0, 0.05) is 6.04 Å². The van der Waals surface area contributed by atoms with Gasteiger partial charge < -0.3 is 15.1 Å². The number of rotatable bonds is 5. The van der Waals surface area contributed by atoms with E-state index in [0.29, 0.717) is 0 Å². The Hall–Kier alpha value is -2.23. The highest BCUT2D eigenvalue weighted by Crippen LogP contribution is 2.22. The molecule has 1 heterocycles. The zero-order valence-corrected chi connectivity index (χ0v) is 11.8. The molecule has 2 amide bonds. The van der Waals surface area contributed by atoms with Crippen LogP contribution in [-0.4, -0.2) is 12.1 Å². The van der Waals surface area contributed by atoms with Gasteiger partial charge in [-0.15, -0.1) is 0 Å². The van der Waals surface area contributed by atoms with Gasteiger partial charge in [0.05, 0.1) is 6.26 Å². The number of benzene rings is 1. The van der Waals surface area contributed by atoms with Crippen LogP contribution in [0.3, 0.4) is 0 Å². The Kier molecular flexibility index (Phi) is 4.82. The Bertz CT molecular complexity index is 523. The Labute approximate surface area is 119 Å². The predicted molar refractivity (Wildman–Crippen MR) is 78.4 cm³/mol. The molecule has 106 valence electrons. The van der Waals surface area contributed by atoms with Gasteiger partial charge in [-0.3, -0.25) is 0 Å². The second-order valence-corrected chi connectivity index (χ2v) is 4.79. The standard InChI is InChI=1S/C16H20N2O2/c1-3-12(2)17-16(19)18-15(14-10-7-11-20-14)13-8-5-4-6-9-13/h4-12,15H,3H2,1-2H3,(H2,17,18,19). The summed E-state index contributed by atoms with van der Waals surface area (Å²) in [5.74, 6) is 0.718. The van der Waals surface area contributed by atoms with Gasteiger partial charge in [-0.05, 0) is 31.0 Å². The van der Waals surface area contributed by atoms with Gasteiger partial charge in [-0.2, -0.15) is 0 Å². The topological polar surface area (TPSA) is 54.3 Å². The van der Waals surface area contributed by atoms with Crippen molar-refractivity contribution in [1.29, 1.82) is 0 Å². The highest BCUT2D eigenvalue weighted by molar-refractivity contribution is 5.75. The molecule has 20 heavy (non-hydrogen) atoms. The molecule has 2 unspecified atom stereocenters. The summed E-state index contributed by atoms with van der Waals surface area (Å²) < 4.78 is 5.44. The zero-order chi connectivity index (χ0) is 14.4. The molecule has 2 aromatic rings. The molecule has 1 aromatic carbocycles. The van der Waals surface area contributed by atoms with Crippen molar-refractivity contribution < 1.29 is 9.21 Å². The minimum atomic E-state index is -0.282. The molecule has 0 bridgehead atoms. The lowest BCUT2D eigenvalue weighted by Gasteiger charge is -2.19. The SMILES string of the molecule is CCC(C)NC(=O)NC(c1ccccc1)c1ccco1. The third-order valence-corrected chi connectivity index (χ3v) is 3.23. The van der Waals surface area contributed by atoms with Crippen molar-refractivity contribution in [2.24, 2.45) is 0 Å². The Morgan fingerprint density at radius 1 is 1.15 bits per heavy atom. The zero-order valence-electron chi connectivity index (χ0n) is 11.8. The van der Waals surface area contributed by atoms with Crippen molar-refractivity contribution in [3.8, 4) is 0 Å². The van der Waals surface area contributed by atoms with E-state index in [1.54, 1.807) is 6.26 Å². The van der Waals surface area contributed by atoms with Crippen molar-refractivity contribution in [3.05, 3.63) is 60.1 Å². The van der Waals surface area contributed by atoms with Crippen LogP contribution in [0.25, 0.3) is 0 Å². The van der Waals surface area contributed by atoms with Crippen LogP contribution in [0.4, 0.5) is 4.79 Å². The molecule has 0 saturated carbocycles. The lowest BCUT2D eigenvalue weighted by Crippen LogP contribution is -2.42. The van der Waals surface area contributed by atoms with Crippen molar-refractivity contribution >= 4 is 6.03 Å². The summed E-state index contributed by atoms with van der Waals surface area (Å²) in [6.07, 6.45) is 2.50. The van der Waals surface area contributed by atoms with Crippen LogP contribution < -0.4 is 10.6 Å². The van der Waals surface area contributed by atoms with Crippen LogP contribution >= 0.6 is 0 Å². The number of carbonyl (C=O) groups excluding carboxylic acids is 1. The van der Waals surface area contributed by atoms with Gasteiger partial charge in [-0.1, -0.05) is 37.3 Å². The first kappa shape index (κ1) is 14.2. The Morgan fingerprint density at radius 3 is 2.50 bits per heavy atom. The quantitative estimate of drug-likeness (QED) is 0.875. The molecule has 4 heteroatoms. The molecular formula is C16H20N2O2. The van der Waals surface area contributed by atoms with E-state index in [1.165, 1.54) is 0 Å². The van der Waals surface area contributed by atoms with Crippen LogP contribution in [0.5, 0.6) is 0 Å². The van der Waals surface area contributed by atoms with Gasteiger partial charge in [0.15, 0.2) is 0 Å². The van der Waals surface area contributed by atoms with Crippen LogP contribution in [0.15, 0.2) is 53.1 Å². The van der Waals surface area contributed by atoms with Crippen LogP contribution in [0.1, 0.15) is 37.6 Å². The maximum atomic E-state index is 12.0. The smallest absolute Gasteiger partial charge is 0.315 e. The molecule has 0 aliphatic heterocycles. The van der Waals surface area contributed by atoms with Crippen molar-refractivity contribution in [2.45, 2.75) is 32.4 Å². The number of nitrogens with one attached hydrogen (secondary N) is 2. The summed E-state index contributed by atoms with van der Waals surface area (Å²) in [7, 11) is 0. The Balaban J connectivity index is 2.14. The van der Waals surface area contributed by atoms with Crippen molar-refractivity contribution in [1.82, 2.24) is 10.6 Å². The van der Waals surface area contributed by atoms with E-state index < -0.39 is 0 Å². The fraction of sp³-hybridized carbons (Fsp3) is 0.312. The van der Waals surface area contributed by atoms with E-state index in [9.17, 15) is 4.79 Å². The molecule has 4 nitrogen and oxygen atoms in total. The number of hydrogen-bond donors (Lipinski definition) is 2. The van der Waals surface area contributed by atoms with Gasteiger partial charge in [-0.25, -0.2) is 4.79 Å². The fourth-order valence-electron chi connectivity index (χ4n) is 1.92. The first-order valence-electron chi connectivity index (χ1n) is 6.86. The summed E-state index contributed by atoms with van der Waals surface area (Å²) in [4.78, 5) is 12.0. The molecule has 0 saturated heterocycles.